The highest BCUT2D eigenvalue weighted by molar-refractivity contribution is 6.01. The first-order chi connectivity index (χ1) is 11.1. The van der Waals surface area contributed by atoms with E-state index in [1.807, 2.05) is 32.2 Å². The van der Waals surface area contributed by atoms with Gasteiger partial charge in [-0.1, -0.05) is 12.1 Å². The van der Waals surface area contributed by atoms with E-state index in [1.54, 1.807) is 6.07 Å². The Morgan fingerprint density at radius 2 is 2.17 bits per heavy atom. The molecular weight excluding hydrogens is 296 g/mol. The number of para-hydroxylation sites is 1. The molecule has 2 heterocycles. The van der Waals surface area contributed by atoms with Crippen molar-refractivity contribution in [2.45, 2.75) is 19.5 Å². The fourth-order valence-electron chi connectivity index (χ4n) is 2.31. The number of aromatic nitrogens is 2. The number of hydrogen-bond acceptors (Lipinski definition) is 5. The fraction of sp³-hybridized carbons (Fsp3) is 0.312. The van der Waals surface area contributed by atoms with E-state index in [4.69, 9.17) is 4.42 Å². The summed E-state index contributed by atoms with van der Waals surface area (Å²) in [5, 5.41) is 6.58. The van der Waals surface area contributed by atoms with Crippen LogP contribution >= 0.6 is 0 Å². The van der Waals surface area contributed by atoms with E-state index in [0.29, 0.717) is 17.6 Å². The second-order valence-electron chi connectivity index (χ2n) is 5.45. The van der Waals surface area contributed by atoms with Crippen molar-refractivity contribution in [3.05, 3.63) is 40.9 Å². The van der Waals surface area contributed by atoms with Crippen LogP contribution in [-0.2, 0) is 11.3 Å². The molecule has 23 heavy (non-hydrogen) atoms. The largest absolute Gasteiger partial charge is 0.448 e. The van der Waals surface area contributed by atoms with Gasteiger partial charge in [0, 0.05) is 18.0 Å². The molecule has 1 unspecified atom stereocenters. The zero-order valence-electron chi connectivity index (χ0n) is 13.0. The summed E-state index contributed by atoms with van der Waals surface area (Å²) in [6.45, 7) is 2.36. The van der Waals surface area contributed by atoms with Crippen LogP contribution in [0.15, 0.2) is 39.8 Å². The van der Waals surface area contributed by atoms with Gasteiger partial charge in [0.05, 0.1) is 6.33 Å². The van der Waals surface area contributed by atoms with Crippen LogP contribution in [0, 0.1) is 0 Å². The van der Waals surface area contributed by atoms with Crippen LogP contribution in [0.2, 0.25) is 0 Å². The van der Waals surface area contributed by atoms with Gasteiger partial charge in [-0.25, -0.2) is 4.98 Å². The molecule has 1 amide bonds. The van der Waals surface area contributed by atoms with Crippen molar-refractivity contribution < 1.29 is 9.21 Å². The van der Waals surface area contributed by atoms with E-state index in [-0.39, 0.29) is 29.6 Å². The molecule has 0 radical (unpaired) electrons. The summed E-state index contributed by atoms with van der Waals surface area (Å²) in [5.41, 5.74) is 0.941. The third kappa shape index (κ3) is 2.95. The van der Waals surface area contributed by atoms with Gasteiger partial charge in [-0.15, -0.1) is 0 Å². The number of nitrogens with zero attached hydrogens (tertiary/aromatic N) is 2. The zero-order chi connectivity index (χ0) is 16.4. The van der Waals surface area contributed by atoms with Gasteiger partial charge < -0.3 is 15.1 Å². The molecule has 0 bridgehead atoms. The monoisotopic (exact) mass is 314 g/mol. The number of rotatable bonds is 5. The molecule has 0 saturated carbocycles. The fourth-order valence-corrected chi connectivity index (χ4v) is 2.31. The topological polar surface area (TPSA) is 89.2 Å². The van der Waals surface area contributed by atoms with Crippen LogP contribution < -0.4 is 16.2 Å². The average molecular weight is 314 g/mol. The number of likely N-dealkylation sites (N-methyl/N-ethyl adjacent to an activating group) is 1. The Bertz CT molecular complexity index is 912. The summed E-state index contributed by atoms with van der Waals surface area (Å²) in [6, 6.07) is 7.49. The maximum atomic E-state index is 12.5. The molecule has 1 aromatic carbocycles. The summed E-state index contributed by atoms with van der Waals surface area (Å²) in [7, 11) is 1.82. The molecule has 1 atom stereocenters. The van der Waals surface area contributed by atoms with Gasteiger partial charge >= 0.3 is 0 Å². The predicted molar refractivity (Wildman–Crippen MR) is 87.3 cm³/mol. The molecule has 3 rings (SSSR count). The molecule has 7 heteroatoms. The quantitative estimate of drug-likeness (QED) is 0.729. The lowest BCUT2D eigenvalue weighted by molar-refractivity contribution is -0.121. The first-order valence-electron chi connectivity index (χ1n) is 7.41. The van der Waals surface area contributed by atoms with Crippen molar-refractivity contribution in [2.75, 3.05) is 13.6 Å². The molecule has 0 fully saturated rings. The van der Waals surface area contributed by atoms with Gasteiger partial charge in [0.2, 0.25) is 11.5 Å². The highest BCUT2D eigenvalue weighted by Gasteiger charge is 2.14. The average Bonchev–Trinajstić information content (AvgIpc) is 2.94. The van der Waals surface area contributed by atoms with Gasteiger partial charge in [-0.3, -0.25) is 14.2 Å². The van der Waals surface area contributed by atoms with Gasteiger partial charge in [0.15, 0.2) is 0 Å². The van der Waals surface area contributed by atoms with E-state index in [0.717, 1.165) is 5.39 Å². The zero-order valence-corrected chi connectivity index (χ0v) is 13.0. The molecule has 0 aliphatic heterocycles. The maximum Gasteiger partial charge on any atom is 0.297 e. The van der Waals surface area contributed by atoms with Gasteiger partial charge in [0.25, 0.3) is 5.56 Å². The lowest BCUT2D eigenvalue weighted by atomic mass is 10.2. The third-order valence-electron chi connectivity index (χ3n) is 3.76. The number of amides is 1. The lowest BCUT2D eigenvalue weighted by Gasteiger charge is -2.11. The molecule has 0 spiro atoms. The van der Waals surface area contributed by atoms with Crippen molar-refractivity contribution >= 4 is 28.0 Å². The van der Waals surface area contributed by atoms with Crippen molar-refractivity contribution in [1.29, 1.82) is 0 Å². The second kappa shape index (κ2) is 6.21. The van der Waals surface area contributed by atoms with Crippen molar-refractivity contribution in [1.82, 2.24) is 20.2 Å². The lowest BCUT2D eigenvalue weighted by Crippen LogP contribution is -2.39. The number of furan rings is 1. The Hall–Kier alpha value is -2.67. The third-order valence-corrected chi connectivity index (χ3v) is 3.76. The summed E-state index contributed by atoms with van der Waals surface area (Å²) < 4.78 is 6.84. The predicted octanol–water partition coefficient (Wildman–Crippen LogP) is 0.867. The van der Waals surface area contributed by atoms with Gasteiger partial charge in [0.1, 0.15) is 17.6 Å². The normalized spacial score (nSPS) is 12.6. The SMILES string of the molecule is CNC(C)CNC(=O)Cn1cnc2c(oc3ccccc32)c1=O. The summed E-state index contributed by atoms with van der Waals surface area (Å²) in [4.78, 5) is 28.7. The van der Waals surface area contributed by atoms with Crippen LogP contribution in [0.5, 0.6) is 0 Å². The molecule has 7 nitrogen and oxygen atoms in total. The summed E-state index contributed by atoms with van der Waals surface area (Å²) in [5.74, 6) is -0.244. The molecular formula is C16H18N4O3. The molecule has 2 N–H and O–H groups in total. The molecule has 0 saturated heterocycles. The Balaban J connectivity index is 1.88. The maximum absolute atomic E-state index is 12.5. The Kier molecular flexibility index (Phi) is 4.12. The number of nitrogens with one attached hydrogen (secondary N) is 2. The minimum atomic E-state index is -0.358. The second-order valence-corrected chi connectivity index (χ2v) is 5.45. The van der Waals surface area contributed by atoms with Crippen LogP contribution in [0.25, 0.3) is 22.1 Å². The van der Waals surface area contributed by atoms with Gasteiger partial charge in [-0.05, 0) is 26.1 Å². The number of benzene rings is 1. The van der Waals surface area contributed by atoms with Crippen LogP contribution in [0.4, 0.5) is 0 Å². The first kappa shape index (κ1) is 15.2. The molecule has 120 valence electrons. The summed E-state index contributed by atoms with van der Waals surface area (Å²) >= 11 is 0. The van der Waals surface area contributed by atoms with Crippen LogP contribution in [0.1, 0.15) is 6.92 Å². The minimum Gasteiger partial charge on any atom is -0.448 e. The van der Waals surface area contributed by atoms with E-state index in [1.165, 1.54) is 10.9 Å². The number of carbonyl (C=O) groups excluding carboxylic acids is 1. The van der Waals surface area contributed by atoms with E-state index in [2.05, 4.69) is 15.6 Å². The molecule has 2 aromatic heterocycles. The highest BCUT2D eigenvalue weighted by atomic mass is 16.3. The van der Waals surface area contributed by atoms with Crippen LogP contribution in [0.3, 0.4) is 0 Å². The van der Waals surface area contributed by atoms with Crippen molar-refractivity contribution in [2.24, 2.45) is 0 Å². The molecule has 3 aromatic rings. The van der Waals surface area contributed by atoms with Gasteiger partial charge in [-0.2, -0.15) is 0 Å². The highest BCUT2D eigenvalue weighted by Crippen LogP contribution is 2.23. The first-order valence-corrected chi connectivity index (χ1v) is 7.41. The number of hydrogen-bond donors (Lipinski definition) is 2. The number of carbonyl (C=O) groups is 1. The minimum absolute atomic E-state index is 0.0880. The van der Waals surface area contributed by atoms with Crippen molar-refractivity contribution in [3.63, 3.8) is 0 Å². The van der Waals surface area contributed by atoms with E-state index < -0.39 is 0 Å². The summed E-state index contributed by atoms with van der Waals surface area (Å²) in [6.07, 6.45) is 1.38. The smallest absolute Gasteiger partial charge is 0.297 e. The van der Waals surface area contributed by atoms with Crippen molar-refractivity contribution in [3.8, 4) is 0 Å². The van der Waals surface area contributed by atoms with Crippen LogP contribution in [-0.4, -0.2) is 35.1 Å². The molecule has 0 aliphatic rings. The Labute approximate surface area is 132 Å². The Morgan fingerprint density at radius 1 is 1.39 bits per heavy atom. The number of fused-ring (bicyclic) bond motifs is 3. The molecule has 0 aliphatic carbocycles. The van der Waals surface area contributed by atoms with E-state index in [9.17, 15) is 9.59 Å². The standard InChI is InChI=1S/C16H18N4O3/c1-10(17-2)7-18-13(21)8-20-9-19-14-11-5-3-4-6-12(11)23-15(14)16(20)22/h3-6,9-10,17H,7-8H2,1-2H3,(H,18,21). The van der Waals surface area contributed by atoms with E-state index >= 15 is 0 Å². The Morgan fingerprint density at radius 3 is 2.96 bits per heavy atom.